The van der Waals surface area contributed by atoms with Gasteiger partial charge in [-0.1, -0.05) is 84.9 Å². The molecule has 2 nitrogen and oxygen atoms in total. The predicted molar refractivity (Wildman–Crippen MR) is 116 cm³/mol. The van der Waals surface area contributed by atoms with Gasteiger partial charge in [-0.2, -0.15) is 0 Å². The molecule has 0 amide bonds. The maximum absolute atomic E-state index is 6.46. The minimum atomic E-state index is -2.78. The van der Waals surface area contributed by atoms with Crippen molar-refractivity contribution in [2.45, 2.75) is 13.8 Å². The summed E-state index contributed by atoms with van der Waals surface area (Å²) in [7, 11) is -2.78. The molecule has 0 spiro atoms. The van der Waals surface area contributed by atoms with Crippen molar-refractivity contribution in [3.05, 3.63) is 84.9 Å². The number of fused-ring (bicyclic) bond motifs is 2. The Labute approximate surface area is 161 Å². The van der Waals surface area contributed by atoms with E-state index in [4.69, 9.17) is 8.85 Å². The van der Waals surface area contributed by atoms with Gasteiger partial charge in [0, 0.05) is 13.2 Å². The molecule has 0 N–H and O–H groups in total. The second-order valence-electron chi connectivity index (χ2n) is 6.61. The van der Waals surface area contributed by atoms with Crippen molar-refractivity contribution in [3.63, 3.8) is 0 Å². The highest BCUT2D eigenvalue weighted by molar-refractivity contribution is 6.92. The summed E-state index contributed by atoms with van der Waals surface area (Å²) >= 11 is 0. The Morgan fingerprint density at radius 3 is 1.37 bits per heavy atom. The molecule has 0 aromatic heterocycles. The van der Waals surface area contributed by atoms with Crippen LogP contribution in [0.5, 0.6) is 0 Å². The lowest BCUT2D eigenvalue weighted by atomic mass is 10.1. The minimum Gasteiger partial charge on any atom is -0.388 e. The van der Waals surface area contributed by atoms with E-state index in [9.17, 15) is 0 Å². The van der Waals surface area contributed by atoms with E-state index >= 15 is 0 Å². The maximum atomic E-state index is 6.46. The van der Waals surface area contributed by atoms with E-state index in [0.29, 0.717) is 13.2 Å². The van der Waals surface area contributed by atoms with Gasteiger partial charge in [0.05, 0.1) is 0 Å². The van der Waals surface area contributed by atoms with Crippen LogP contribution in [0.1, 0.15) is 13.8 Å². The van der Waals surface area contributed by atoms with Gasteiger partial charge in [0.1, 0.15) is 0 Å². The van der Waals surface area contributed by atoms with Gasteiger partial charge in [0.15, 0.2) is 0 Å². The van der Waals surface area contributed by atoms with Crippen LogP contribution in [0, 0.1) is 0 Å². The normalized spacial score (nSPS) is 11.9. The third kappa shape index (κ3) is 3.30. The van der Waals surface area contributed by atoms with E-state index in [1.54, 1.807) is 0 Å². The Bertz CT molecular complexity index is 987. The average Bonchev–Trinajstić information content (AvgIpc) is 2.73. The first-order valence-corrected chi connectivity index (χ1v) is 11.3. The van der Waals surface area contributed by atoms with Crippen molar-refractivity contribution >= 4 is 40.5 Å². The predicted octanol–water partition coefficient (Wildman–Crippen LogP) is 4.62. The Morgan fingerprint density at radius 2 is 0.963 bits per heavy atom. The van der Waals surface area contributed by atoms with Gasteiger partial charge in [-0.15, -0.1) is 0 Å². The van der Waals surface area contributed by atoms with Crippen LogP contribution in [0.3, 0.4) is 0 Å². The van der Waals surface area contributed by atoms with Gasteiger partial charge in [-0.3, -0.25) is 0 Å². The van der Waals surface area contributed by atoms with E-state index in [2.05, 4.69) is 84.9 Å². The standard InChI is InChI=1S/C24H24O2Si/c1-3-25-27(26-4-2,23-15-13-19-9-5-7-11-21(19)17-23)24-16-14-20-10-6-8-12-22(20)18-24/h5-18H,3-4H2,1-2H3. The van der Waals surface area contributed by atoms with Crippen LogP contribution in [0.4, 0.5) is 0 Å². The molecule has 0 saturated heterocycles. The third-order valence-corrected chi connectivity index (χ3v) is 8.49. The van der Waals surface area contributed by atoms with Gasteiger partial charge in [0.2, 0.25) is 0 Å². The lowest BCUT2D eigenvalue weighted by Gasteiger charge is -2.31. The zero-order chi connectivity index (χ0) is 18.7. The lowest BCUT2D eigenvalue weighted by molar-refractivity contribution is 0.208. The molecule has 0 aliphatic rings. The average molecular weight is 373 g/mol. The van der Waals surface area contributed by atoms with E-state index in [1.165, 1.54) is 21.5 Å². The summed E-state index contributed by atoms with van der Waals surface area (Å²) in [6.45, 7) is 5.32. The van der Waals surface area contributed by atoms with Crippen LogP contribution >= 0.6 is 0 Å². The monoisotopic (exact) mass is 372 g/mol. The molecule has 27 heavy (non-hydrogen) atoms. The summed E-state index contributed by atoms with van der Waals surface area (Å²) in [6.07, 6.45) is 0. The SMILES string of the molecule is CCO[Si](OCC)(c1ccc2ccccc2c1)c1ccc2ccccc2c1. The largest absolute Gasteiger partial charge is 0.407 e. The van der Waals surface area contributed by atoms with Crippen LogP contribution in [-0.2, 0) is 8.85 Å². The second-order valence-corrected chi connectivity index (χ2v) is 9.57. The number of benzene rings is 4. The Kier molecular flexibility index (Phi) is 5.08. The Balaban J connectivity index is 1.94. The van der Waals surface area contributed by atoms with Crippen LogP contribution in [0.2, 0.25) is 0 Å². The highest BCUT2D eigenvalue weighted by Gasteiger charge is 2.42. The molecular formula is C24H24O2Si. The van der Waals surface area contributed by atoms with Crippen LogP contribution in [0.15, 0.2) is 84.9 Å². The third-order valence-electron chi connectivity index (χ3n) is 4.95. The summed E-state index contributed by atoms with van der Waals surface area (Å²) < 4.78 is 12.9. The Hall–Kier alpha value is -2.46. The topological polar surface area (TPSA) is 18.5 Å². The lowest BCUT2D eigenvalue weighted by Crippen LogP contribution is -2.63. The molecule has 4 aromatic rings. The fourth-order valence-corrected chi connectivity index (χ4v) is 6.93. The first-order valence-electron chi connectivity index (χ1n) is 9.53. The van der Waals surface area contributed by atoms with Gasteiger partial charge >= 0.3 is 8.56 Å². The van der Waals surface area contributed by atoms with Crippen molar-refractivity contribution in [2.24, 2.45) is 0 Å². The molecule has 0 unspecified atom stereocenters. The number of hydrogen-bond acceptors (Lipinski definition) is 2. The van der Waals surface area contributed by atoms with Crippen LogP contribution in [0.25, 0.3) is 21.5 Å². The summed E-state index contributed by atoms with van der Waals surface area (Å²) in [4.78, 5) is 0. The van der Waals surface area contributed by atoms with E-state index < -0.39 is 8.56 Å². The smallest absolute Gasteiger partial charge is 0.388 e. The molecule has 0 bridgehead atoms. The zero-order valence-electron chi connectivity index (χ0n) is 15.8. The quantitative estimate of drug-likeness (QED) is 0.460. The highest BCUT2D eigenvalue weighted by Crippen LogP contribution is 2.19. The van der Waals surface area contributed by atoms with Crippen LogP contribution < -0.4 is 10.4 Å². The van der Waals surface area contributed by atoms with E-state index in [0.717, 1.165) is 10.4 Å². The molecule has 4 rings (SSSR count). The Morgan fingerprint density at radius 1 is 0.556 bits per heavy atom. The van der Waals surface area contributed by atoms with Crippen molar-refractivity contribution in [1.82, 2.24) is 0 Å². The van der Waals surface area contributed by atoms with E-state index in [-0.39, 0.29) is 0 Å². The number of rotatable bonds is 6. The van der Waals surface area contributed by atoms with E-state index in [1.807, 2.05) is 13.8 Å². The molecule has 3 heteroatoms. The molecule has 0 aliphatic carbocycles. The summed E-state index contributed by atoms with van der Waals surface area (Å²) in [6, 6.07) is 30.0. The number of hydrogen-bond donors (Lipinski definition) is 0. The van der Waals surface area contributed by atoms with Gasteiger partial charge in [0.25, 0.3) is 0 Å². The van der Waals surface area contributed by atoms with Gasteiger partial charge in [-0.25, -0.2) is 0 Å². The maximum Gasteiger partial charge on any atom is 0.407 e. The van der Waals surface area contributed by atoms with Gasteiger partial charge in [-0.05, 0) is 45.8 Å². The second kappa shape index (κ2) is 7.65. The molecular weight excluding hydrogens is 348 g/mol. The summed E-state index contributed by atoms with van der Waals surface area (Å²) in [5.74, 6) is 0. The van der Waals surface area contributed by atoms with Crippen molar-refractivity contribution < 1.29 is 8.85 Å². The molecule has 0 fully saturated rings. The molecule has 0 atom stereocenters. The van der Waals surface area contributed by atoms with Crippen LogP contribution in [-0.4, -0.2) is 21.8 Å². The fourth-order valence-electron chi connectivity index (χ4n) is 3.74. The first-order chi connectivity index (χ1) is 13.3. The van der Waals surface area contributed by atoms with Gasteiger partial charge < -0.3 is 8.85 Å². The molecule has 136 valence electrons. The summed E-state index contributed by atoms with van der Waals surface area (Å²) in [5.41, 5.74) is 0. The minimum absolute atomic E-state index is 0.617. The molecule has 0 aliphatic heterocycles. The summed E-state index contributed by atoms with van der Waals surface area (Å²) in [5, 5.41) is 7.20. The first kappa shape index (κ1) is 17.9. The molecule has 0 heterocycles. The molecule has 0 radical (unpaired) electrons. The molecule has 0 saturated carbocycles. The van der Waals surface area contributed by atoms with Crippen molar-refractivity contribution in [2.75, 3.05) is 13.2 Å². The molecule has 4 aromatic carbocycles. The van der Waals surface area contributed by atoms with Crippen molar-refractivity contribution in [3.8, 4) is 0 Å². The van der Waals surface area contributed by atoms with Crippen molar-refractivity contribution in [1.29, 1.82) is 0 Å². The fraction of sp³-hybridized carbons (Fsp3) is 0.167. The highest BCUT2D eigenvalue weighted by atomic mass is 28.4. The zero-order valence-corrected chi connectivity index (χ0v) is 16.8.